The molecule has 0 aliphatic rings. The third kappa shape index (κ3) is 2.37. The van der Waals surface area contributed by atoms with Gasteiger partial charge in [0, 0.05) is 23.1 Å². The van der Waals surface area contributed by atoms with Crippen LogP contribution in [0.5, 0.6) is 17.4 Å². The minimum atomic E-state index is -0.391. The van der Waals surface area contributed by atoms with Crippen molar-refractivity contribution >= 4 is 22.7 Å². The first-order chi connectivity index (χ1) is 10.6. The van der Waals surface area contributed by atoms with Crippen LogP contribution in [-0.4, -0.2) is 26.5 Å². The first-order valence-electron chi connectivity index (χ1n) is 6.46. The van der Waals surface area contributed by atoms with Crippen molar-refractivity contribution in [2.24, 2.45) is 4.99 Å². The average Bonchev–Trinajstić information content (AvgIpc) is 2.49. The zero-order chi connectivity index (χ0) is 15.7. The van der Waals surface area contributed by atoms with E-state index in [1.165, 1.54) is 18.3 Å². The largest absolute Gasteiger partial charge is 0.508 e. The molecule has 3 aromatic rings. The van der Waals surface area contributed by atoms with Crippen molar-refractivity contribution in [2.75, 3.05) is 0 Å². The van der Waals surface area contributed by atoms with E-state index in [2.05, 4.69) is 9.98 Å². The summed E-state index contributed by atoms with van der Waals surface area (Å²) in [6, 6.07) is 10.8. The number of aliphatic imine (C=N–C) groups is 1. The first kappa shape index (κ1) is 13.7. The molecule has 0 aliphatic carbocycles. The lowest BCUT2D eigenvalue weighted by Gasteiger charge is -2.04. The Bertz CT molecular complexity index is 945. The number of pyridine rings is 1. The van der Waals surface area contributed by atoms with Gasteiger partial charge in [-0.3, -0.25) is 14.8 Å². The van der Waals surface area contributed by atoms with E-state index in [0.29, 0.717) is 16.3 Å². The average molecular weight is 296 g/mol. The van der Waals surface area contributed by atoms with Crippen LogP contribution in [-0.2, 0) is 0 Å². The second-order valence-electron chi connectivity index (χ2n) is 4.69. The number of phenols is 2. The van der Waals surface area contributed by atoms with Crippen LogP contribution < -0.4 is 5.56 Å². The van der Waals surface area contributed by atoms with Gasteiger partial charge >= 0.3 is 0 Å². The monoisotopic (exact) mass is 296 g/mol. The fourth-order valence-electron chi connectivity index (χ4n) is 2.17. The van der Waals surface area contributed by atoms with Crippen LogP contribution in [0, 0.1) is 0 Å². The maximum Gasteiger partial charge on any atom is 0.258 e. The maximum absolute atomic E-state index is 11.8. The Morgan fingerprint density at radius 3 is 2.45 bits per heavy atom. The molecule has 0 aliphatic heterocycles. The smallest absolute Gasteiger partial charge is 0.258 e. The Morgan fingerprint density at radius 2 is 1.73 bits per heavy atom. The number of fused-ring (bicyclic) bond motifs is 1. The molecule has 0 atom stereocenters. The van der Waals surface area contributed by atoms with Gasteiger partial charge < -0.3 is 15.3 Å². The number of phenolic OH excluding ortho intramolecular Hbond substituents is 2. The Balaban J connectivity index is 2.15. The van der Waals surface area contributed by atoms with Gasteiger partial charge in [-0.2, -0.15) is 0 Å². The van der Waals surface area contributed by atoms with Gasteiger partial charge in [0.25, 0.3) is 5.56 Å². The van der Waals surface area contributed by atoms with E-state index >= 15 is 0 Å². The lowest BCUT2D eigenvalue weighted by atomic mass is 10.1. The van der Waals surface area contributed by atoms with Gasteiger partial charge in [0.2, 0.25) is 5.88 Å². The standard InChI is InChI=1S/C16H12N2O4/c19-9-5-6-13(14(20)7-9)17-8-12-10-3-1-2-4-11(10)15(21)18-16(12)22/h1-8,19-20H,(H2,18,21,22). The highest BCUT2D eigenvalue weighted by Gasteiger charge is 2.09. The van der Waals surface area contributed by atoms with Gasteiger partial charge in [-0.05, 0) is 18.2 Å². The van der Waals surface area contributed by atoms with Crippen LogP contribution in [0.3, 0.4) is 0 Å². The molecule has 0 unspecified atom stereocenters. The highest BCUT2D eigenvalue weighted by atomic mass is 16.3. The normalized spacial score (nSPS) is 11.3. The van der Waals surface area contributed by atoms with Crippen molar-refractivity contribution in [3.05, 3.63) is 58.4 Å². The van der Waals surface area contributed by atoms with Gasteiger partial charge in [-0.1, -0.05) is 18.2 Å². The molecule has 0 radical (unpaired) electrons. The van der Waals surface area contributed by atoms with Crippen LogP contribution in [0.4, 0.5) is 5.69 Å². The molecule has 3 rings (SSSR count). The summed E-state index contributed by atoms with van der Waals surface area (Å²) in [6.07, 6.45) is 1.35. The Kier molecular flexibility index (Phi) is 3.27. The summed E-state index contributed by atoms with van der Waals surface area (Å²) in [7, 11) is 0. The molecular weight excluding hydrogens is 284 g/mol. The number of benzene rings is 2. The van der Waals surface area contributed by atoms with Gasteiger partial charge in [0.1, 0.15) is 17.2 Å². The summed E-state index contributed by atoms with van der Waals surface area (Å²) >= 11 is 0. The van der Waals surface area contributed by atoms with Crippen LogP contribution in [0.1, 0.15) is 5.56 Å². The van der Waals surface area contributed by atoms with Gasteiger partial charge in [0.15, 0.2) is 0 Å². The molecule has 0 bridgehead atoms. The number of H-pyrrole nitrogens is 1. The number of nitrogens with one attached hydrogen (secondary N) is 1. The van der Waals surface area contributed by atoms with Crippen molar-refractivity contribution in [3.8, 4) is 17.4 Å². The highest BCUT2D eigenvalue weighted by Crippen LogP contribution is 2.30. The van der Waals surface area contributed by atoms with Crippen molar-refractivity contribution in [1.82, 2.24) is 4.98 Å². The van der Waals surface area contributed by atoms with Crippen molar-refractivity contribution < 1.29 is 15.3 Å². The summed E-state index contributed by atoms with van der Waals surface area (Å²) in [4.78, 5) is 18.2. The predicted octanol–water partition coefficient (Wildman–Crippen LogP) is 2.40. The van der Waals surface area contributed by atoms with Gasteiger partial charge in [0.05, 0.1) is 5.56 Å². The fraction of sp³-hybridized carbons (Fsp3) is 0. The Hall–Kier alpha value is -3.28. The summed E-state index contributed by atoms with van der Waals surface area (Å²) in [6.45, 7) is 0. The summed E-state index contributed by atoms with van der Waals surface area (Å²) in [5, 5.41) is 29.9. The van der Waals surface area contributed by atoms with E-state index < -0.39 is 5.56 Å². The molecule has 6 heteroatoms. The molecule has 4 N–H and O–H groups in total. The van der Waals surface area contributed by atoms with Crippen LogP contribution >= 0.6 is 0 Å². The lowest BCUT2D eigenvalue weighted by Crippen LogP contribution is -2.07. The Morgan fingerprint density at radius 1 is 1.00 bits per heavy atom. The predicted molar refractivity (Wildman–Crippen MR) is 83.3 cm³/mol. The molecule has 22 heavy (non-hydrogen) atoms. The van der Waals surface area contributed by atoms with Crippen LogP contribution in [0.2, 0.25) is 0 Å². The van der Waals surface area contributed by atoms with E-state index in [0.717, 1.165) is 6.07 Å². The number of nitrogens with zero attached hydrogens (tertiary/aromatic N) is 1. The quantitative estimate of drug-likeness (QED) is 0.545. The topological polar surface area (TPSA) is 106 Å². The molecular formula is C16H12N2O4. The second-order valence-corrected chi connectivity index (χ2v) is 4.69. The number of aromatic hydroxyl groups is 3. The summed E-state index contributed by atoms with van der Waals surface area (Å²) in [5.74, 6) is -0.566. The van der Waals surface area contributed by atoms with E-state index in [1.54, 1.807) is 24.3 Å². The highest BCUT2D eigenvalue weighted by molar-refractivity contribution is 6.02. The van der Waals surface area contributed by atoms with Crippen LogP contribution in [0.25, 0.3) is 10.8 Å². The minimum absolute atomic E-state index is 0.0752. The van der Waals surface area contributed by atoms with Crippen LogP contribution in [0.15, 0.2) is 52.3 Å². The lowest BCUT2D eigenvalue weighted by molar-refractivity contribution is 0.450. The first-order valence-corrected chi connectivity index (χ1v) is 6.46. The number of rotatable bonds is 2. The van der Waals surface area contributed by atoms with E-state index in [1.807, 2.05) is 0 Å². The molecule has 6 nitrogen and oxygen atoms in total. The molecule has 2 aromatic carbocycles. The molecule has 1 aromatic heterocycles. The number of hydrogen-bond acceptors (Lipinski definition) is 5. The summed E-state index contributed by atoms with van der Waals surface area (Å²) in [5.41, 5.74) is 0.174. The van der Waals surface area contributed by atoms with Crippen molar-refractivity contribution in [3.63, 3.8) is 0 Å². The summed E-state index contributed by atoms with van der Waals surface area (Å²) < 4.78 is 0. The molecule has 0 amide bonds. The second kappa shape index (κ2) is 5.25. The number of hydrogen-bond donors (Lipinski definition) is 4. The third-order valence-corrected chi connectivity index (χ3v) is 3.24. The van der Waals surface area contributed by atoms with E-state index in [-0.39, 0.29) is 23.1 Å². The van der Waals surface area contributed by atoms with E-state index in [4.69, 9.17) is 0 Å². The fourth-order valence-corrected chi connectivity index (χ4v) is 2.17. The van der Waals surface area contributed by atoms with Gasteiger partial charge in [-0.25, -0.2) is 0 Å². The third-order valence-electron chi connectivity index (χ3n) is 3.24. The number of aromatic amines is 1. The molecule has 0 saturated heterocycles. The zero-order valence-corrected chi connectivity index (χ0v) is 11.3. The Labute approximate surface area is 124 Å². The van der Waals surface area contributed by atoms with E-state index in [9.17, 15) is 20.1 Å². The van der Waals surface area contributed by atoms with Crippen molar-refractivity contribution in [2.45, 2.75) is 0 Å². The molecule has 110 valence electrons. The minimum Gasteiger partial charge on any atom is -0.508 e. The molecule has 0 fully saturated rings. The molecule has 1 heterocycles. The molecule has 0 saturated carbocycles. The van der Waals surface area contributed by atoms with Gasteiger partial charge in [-0.15, -0.1) is 0 Å². The SMILES string of the molecule is O=c1[nH]c(O)c(C=Nc2ccc(O)cc2O)c2ccccc12. The maximum atomic E-state index is 11.8. The van der Waals surface area contributed by atoms with Crippen molar-refractivity contribution in [1.29, 1.82) is 0 Å². The molecule has 0 spiro atoms. The zero-order valence-electron chi connectivity index (χ0n) is 11.3. The number of aromatic nitrogens is 1.